The molecule has 1 heteroatoms. The summed E-state index contributed by atoms with van der Waals surface area (Å²) in [6.07, 6.45) is 10.9. The number of hydrogen-bond acceptors (Lipinski definition) is 1. The summed E-state index contributed by atoms with van der Waals surface area (Å²) in [5.74, 6) is 0.803. The molecule has 80 valence electrons. The molecule has 0 saturated carbocycles. The SMILES string of the molecule is CCCCCCC(CN)CCCC. The van der Waals surface area contributed by atoms with Crippen molar-refractivity contribution in [3.8, 4) is 0 Å². The van der Waals surface area contributed by atoms with Crippen molar-refractivity contribution in [2.75, 3.05) is 6.54 Å². The molecule has 0 heterocycles. The lowest BCUT2D eigenvalue weighted by molar-refractivity contribution is 0.421. The zero-order chi connectivity index (χ0) is 9.94. The van der Waals surface area contributed by atoms with Gasteiger partial charge in [-0.1, -0.05) is 52.4 Å². The fraction of sp³-hybridized carbons (Fsp3) is 1.00. The molecule has 1 unspecified atom stereocenters. The average molecular weight is 185 g/mol. The first-order valence-corrected chi connectivity index (χ1v) is 6.05. The molecule has 0 aliphatic carbocycles. The smallest absolute Gasteiger partial charge is 0.00489 e. The summed E-state index contributed by atoms with van der Waals surface area (Å²) in [5, 5.41) is 0. The Labute approximate surface area is 84.1 Å². The minimum absolute atomic E-state index is 0.803. The second-order valence-electron chi connectivity index (χ2n) is 4.09. The Kier molecular flexibility index (Phi) is 10.0. The molecule has 0 aromatic rings. The van der Waals surface area contributed by atoms with Crippen LogP contribution in [0.4, 0.5) is 0 Å². The predicted octanol–water partition coefficient (Wildman–Crippen LogP) is 3.72. The first kappa shape index (κ1) is 13.0. The molecule has 0 amide bonds. The van der Waals surface area contributed by atoms with Crippen LogP contribution in [0.15, 0.2) is 0 Å². The highest BCUT2D eigenvalue weighted by Crippen LogP contribution is 2.15. The molecule has 0 radical (unpaired) electrons. The molecular formula is C12H27N. The number of unbranched alkanes of at least 4 members (excludes halogenated alkanes) is 4. The Balaban J connectivity index is 3.25. The molecule has 13 heavy (non-hydrogen) atoms. The summed E-state index contributed by atoms with van der Waals surface area (Å²) in [6, 6.07) is 0. The minimum Gasteiger partial charge on any atom is -0.330 e. The zero-order valence-corrected chi connectivity index (χ0v) is 9.52. The summed E-state index contributed by atoms with van der Waals surface area (Å²) in [5.41, 5.74) is 5.73. The van der Waals surface area contributed by atoms with Crippen molar-refractivity contribution in [2.24, 2.45) is 11.7 Å². The largest absolute Gasteiger partial charge is 0.330 e. The van der Waals surface area contributed by atoms with E-state index >= 15 is 0 Å². The van der Waals surface area contributed by atoms with Crippen LogP contribution in [0.1, 0.15) is 65.2 Å². The molecule has 0 saturated heterocycles. The van der Waals surface area contributed by atoms with Crippen LogP contribution in [0.2, 0.25) is 0 Å². The van der Waals surface area contributed by atoms with Gasteiger partial charge in [0.1, 0.15) is 0 Å². The standard InChI is InChI=1S/C12H27N/c1-3-5-7-8-10-12(11-13)9-6-4-2/h12H,3-11,13H2,1-2H3. The summed E-state index contributed by atoms with van der Waals surface area (Å²) >= 11 is 0. The second-order valence-corrected chi connectivity index (χ2v) is 4.09. The van der Waals surface area contributed by atoms with Gasteiger partial charge in [-0.15, -0.1) is 0 Å². The van der Waals surface area contributed by atoms with Gasteiger partial charge in [0.2, 0.25) is 0 Å². The van der Waals surface area contributed by atoms with Gasteiger partial charge >= 0.3 is 0 Å². The Hall–Kier alpha value is -0.0400. The molecule has 0 rings (SSSR count). The van der Waals surface area contributed by atoms with Crippen LogP contribution in [-0.4, -0.2) is 6.54 Å². The number of nitrogens with two attached hydrogens (primary N) is 1. The van der Waals surface area contributed by atoms with E-state index < -0.39 is 0 Å². The first-order valence-electron chi connectivity index (χ1n) is 6.05. The normalized spacial score (nSPS) is 13.2. The summed E-state index contributed by atoms with van der Waals surface area (Å²) in [6.45, 7) is 5.41. The highest BCUT2D eigenvalue weighted by Gasteiger charge is 2.04. The molecule has 0 aliphatic heterocycles. The van der Waals surface area contributed by atoms with Crippen LogP contribution in [0.5, 0.6) is 0 Å². The lowest BCUT2D eigenvalue weighted by atomic mass is 9.95. The van der Waals surface area contributed by atoms with Gasteiger partial charge in [-0.05, 0) is 25.3 Å². The topological polar surface area (TPSA) is 26.0 Å². The molecule has 2 N–H and O–H groups in total. The van der Waals surface area contributed by atoms with Gasteiger partial charge in [-0.3, -0.25) is 0 Å². The lowest BCUT2D eigenvalue weighted by Crippen LogP contribution is -2.14. The molecule has 0 fully saturated rings. The van der Waals surface area contributed by atoms with E-state index in [9.17, 15) is 0 Å². The maximum absolute atomic E-state index is 5.73. The van der Waals surface area contributed by atoms with Crippen molar-refractivity contribution < 1.29 is 0 Å². The molecule has 1 nitrogen and oxygen atoms in total. The Morgan fingerprint density at radius 2 is 1.46 bits per heavy atom. The zero-order valence-electron chi connectivity index (χ0n) is 9.52. The average Bonchev–Trinajstić information content (AvgIpc) is 2.17. The van der Waals surface area contributed by atoms with Crippen LogP contribution in [0, 0.1) is 5.92 Å². The van der Waals surface area contributed by atoms with Gasteiger partial charge in [0.15, 0.2) is 0 Å². The maximum atomic E-state index is 5.73. The Bertz CT molecular complexity index is 91.1. The molecule has 0 aliphatic rings. The maximum Gasteiger partial charge on any atom is -0.00489 e. The quantitative estimate of drug-likeness (QED) is 0.544. The summed E-state index contributed by atoms with van der Waals surface area (Å²) in [7, 11) is 0. The third-order valence-electron chi connectivity index (χ3n) is 2.77. The van der Waals surface area contributed by atoms with Crippen molar-refractivity contribution in [2.45, 2.75) is 65.2 Å². The van der Waals surface area contributed by atoms with Crippen molar-refractivity contribution >= 4 is 0 Å². The van der Waals surface area contributed by atoms with E-state index in [2.05, 4.69) is 13.8 Å². The highest BCUT2D eigenvalue weighted by atomic mass is 14.5. The molecule has 0 spiro atoms. The van der Waals surface area contributed by atoms with E-state index in [4.69, 9.17) is 5.73 Å². The highest BCUT2D eigenvalue weighted by molar-refractivity contribution is 4.60. The van der Waals surface area contributed by atoms with E-state index in [0.29, 0.717) is 0 Å². The molecule has 0 aromatic carbocycles. The first-order chi connectivity index (χ1) is 6.35. The minimum atomic E-state index is 0.803. The van der Waals surface area contributed by atoms with Gasteiger partial charge in [-0.2, -0.15) is 0 Å². The molecule has 0 aromatic heterocycles. The van der Waals surface area contributed by atoms with Crippen LogP contribution in [0.3, 0.4) is 0 Å². The van der Waals surface area contributed by atoms with E-state index in [0.717, 1.165) is 12.5 Å². The van der Waals surface area contributed by atoms with Gasteiger partial charge in [0.05, 0.1) is 0 Å². The Morgan fingerprint density at radius 1 is 0.846 bits per heavy atom. The van der Waals surface area contributed by atoms with Crippen molar-refractivity contribution in [1.29, 1.82) is 0 Å². The van der Waals surface area contributed by atoms with Crippen LogP contribution >= 0.6 is 0 Å². The monoisotopic (exact) mass is 185 g/mol. The predicted molar refractivity (Wildman–Crippen MR) is 60.8 cm³/mol. The van der Waals surface area contributed by atoms with E-state index in [-0.39, 0.29) is 0 Å². The van der Waals surface area contributed by atoms with E-state index in [1.54, 1.807) is 0 Å². The van der Waals surface area contributed by atoms with Crippen LogP contribution in [0.25, 0.3) is 0 Å². The molecule has 1 atom stereocenters. The Morgan fingerprint density at radius 3 is 2.00 bits per heavy atom. The number of rotatable bonds is 9. The third-order valence-corrected chi connectivity index (χ3v) is 2.77. The van der Waals surface area contributed by atoms with Gasteiger partial charge < -0.3 is 5.73 Å². The molecular weight excluding hydrogens is 158 g/mol. The van der Waals surface area contributed by atoms with Crippen LogP contribution in [-0.2, 0) is 0 Å². The number of hydrogen-bond donors (Lipinski definition) is 1. The van der Waals surface area contributed by atoms with Gasteiger partial charge in [0.25, 0.3) is 0 Å². The molecule has 0 bridgehead atoms. The lowest BCUT2D eigenvalue weighted by Gasteiger charge is -2.13. The van der Waals surface area contributed by atoms with Crippen molar-refractivity contribution in [3.63, 3.8) is 0 Å². The van der Waals surface area contributed by atoms with Gasteiger partial charge in [-0.25, -0.2) is 0 Å². The summed E-state index contributed by atoms with van der Waals surface area (Å²) in [4.78, 5) is 0. The van der Waals surface area contributed by atoms with E-state index in [1.165, 1.54) is 51.4 Å². The fourth-order valence-electron chi connectivity index (χ4n) is 1.73. The van der Waals surface area contributed by atoms with Crippen molar-refractivity contribution in [3.05, 3.63) is 0 Å². The summed E-state index contributed by atoms with van der Waals surface area (Å²) < 4.78 is 0. The fourth-order valence-corrected chi connectivity index (χ4v) is 1.73. The van der Waals surface area contributed by atoms with E-state index in [1.807, 2.05) is 0 Å². The van der Waals surface area contributed by atoms with Gasteiger partial charge in [0, 0.05) is 0 Å². The third kappa shape index (κ3) is 8.29. The van der Waals surface area contributed by atoms with Crippen LogP contribution < -0.4 is 5.73 Å². The second kappa shape index (κ2) is 10.0. The van der Waals surface area contributed by atoms with Crippen molar-refractivity contribution in [1.82, 2.24) is 0 Å².